The lowest BCUT2D eigenvalue weighted by Gasteiger charge is -2.40. The predicted molar refractivity (Wildman–Crippen MR) is 56.8 cm³/mol. The molecule has 0 aromatic heterocycles. The molecular formula is C11H19NO4. The van der Waals surface area contributed by atoms with Gasteiger partial charge in [-0.1, -0.05) is 0 Å². The van der Waals surface area contributed by atoms with Gasteiger partial charge in [-0.3, -0.25) is 4.79 Å². The topological polar surface area (TPSA) is 70.0 Å². The summed E-state index contributed by atoms with van der Waals surface area (Å²) >= 11 is 0. The zero-order chi connectivity index (χ0) is 11.8. The average molecular weight is 229 g/mol. The number of hydrogen-bond acceptors (Lipinski definition) is 4. The predicted octanol–water partition coefficient (Wildman–Crippen LogP) is -0.490. The smallest absolute Gasteiger partial charge is 0.225 e. The van der Waals surface area contributed by atoms with Crippen LogP contribution in [0.1, 0.15) is 25.7 Å². The van der Waals surface area contributed by atoms with E-state index in [0.29, 0.717) is 6.42 Å². The highest BCUT2D eigenvalue weighted by Crippen LogP contribution is 2.38. The SMILES string of the molecule is COC1(CC(=O)N2C[C@@H](O)[C@@H](O)C2)CCC1. The Balaban J connectivity index is 1.89. The van der Waals surface area contributed by atoms with E-state index < -0.39 is 12.2 Å². The number of carbonyl (C=O) groups excluding carboxylic acids is 1. The standard InChI is InChI=1S/C11H19NO4/c1-16-11(3-2-4-11)5-10(15)12-6-8(13)9(14)7-12/h8-9,13-14H,2-7H2,1H3/t8-,9+. The summed E-state index contributed by atoms with van der Waals surface area (Å²) in [5, 5.41) is 18.7. The van der Waals surface area contributed by atoms with Crippen molar-refractivity contribution < 1.29 is 19.7 Å². The Morgan fingerprint density at radius 1 is 1.38 bits per heavy atom. The molecule has 1 aliphatic heterocycles. The number of β-amino-alcohol motifs (C(OH)–C–C–N with tert-alkyl or cyclic N) is 2. The van der Waals surface area contributed by atoms with Crippen molar-refractivity contribution in [2.75, 3.05) is 20.2 Å². The van der Waals surface area contributed by atoms with Gasteiger partial charge in [0.15, 0.2) is 0 Å². The summed E-state index contributed by atoms with van der Waals surface area (Å²) < 4.78 is 5.39. The Bertz CT molecular complexity index is 262. The minimum absolute atomic E-state index is 0.0304. The van der Waals surface area contributed by atoms with Gasteiger partial charge in [0.2, 0.25) is 5.91 Å². The van der Waals surface area contributed by atoms with Gasteiger partial charge in [-0.25, -0.2) is 0 Å². The first kappa shape index (κ1) is 11.8. The molecule has 92 valence electrons. The maximum Gasteiger partial charge on any atom is 0.225 e. The highest BCUT2D eigenvalue weighted by Gasteiger charge is 2.42. The summed E-state index contributed by atoms with van der Waals surface area (Å²) in [4.78, 5) is 13.4. The molecule has 0 radical (unpaired) electrons. The van der Waals surface area contributed by atoms with E-state index in [2.05, 4.69) is 0 Å². The number of nitrogens with zero attached hydrogens (tertiary/aromatic N) is 1. The van der Waals surface area contributed by atoms with Crippen LogP contribution in [0.3, 0.4) is 0 Å². The van der Waals surface area contributed by atoms with E-state index in [-0.39, 0.29) is 24.6 Å². The molecule has 0 aromatic rings. The monoisotopic (exact) mass is 229 g/mol. The van der Waals surface area contributed by atoms with E-state index in [1.165, 1.54) is 4.90 Å². The lowest BCUT2D eigenvalue weighted by molar-refractivity contribution is -0.143. The van der Waals surface area contributed by atoms with Crippen molar-refractivity contribution in [3.8, 4) is 0 Å². The second-order valence-electron chi connectivity index (χ2n) is 4.85. The van der Waals surface area contributed by atoms with E-state index in [0.717, 1.165) is 19.3 Å². The van der Waals surface area contributed by atoms with E-state index >= 15 is 0 Å². The van der Waals surface area contributed by atoms with Crippen LogP contribution in [-0.4, -0.2) is 59.0 Å². The van der Waals surface area contributed by atoms with E-state index in [1.807, 2.05) is 0 Å². The van der Waals surface area contributed by atoms with Gasteiger partial charge in [0.1, 0.15) is 0 Å². The first-order valence-electron chi connectivity index (χ1n) is 5.75. The van der Waals surface area contributed by atoms with Crippen molar-refractivity contribution in [3.63, 3.8) is 0 Å². The van der Waals surface area contributed by atoms with Crippen molar-refractivity contribution in [2.24, 2.45) is 0 Å². The number of methoxy groups -OCH3 is 1. The maximum atomic E-state index is 11.9. The summed E-state index contributed by atoms with van der Waals surface area (Å²) in [5.74, 6) is -0.0304. The summed E-state index contributed by atoms with van der Waals surface area (Å²) in [5.41, 5.74) is -0.282. The minimum atomic E-state index is -0.802. The first-order valence-corrected chi connectivity index (χ1v) is 5.75. The molecule has 0 aromatic carbocycles. The van der Waals surface area contributed by atoms with E-state index in [1.54, 1.807) is 7.11 Å². The summed E-state index contributed by atoms with van der Waals surface area (Å²) in [7, 11) is 1.64. The Morgan fingerprint density at radius 2 is 1.94 bits per heavy atom. The van der Waals surface area contributed by atoms with Crippen LogP contribution in [0.15, 0.2) is 0 Å². The van der Waals surface area contributed by atoms with Gasteiger partial charge < -0.3 is 19.8 Å². The lowest BCUT2D eigenvalue weighted by Crippen LogP contribution is -2.45. The van der Waals surface area contributed by atoms with Crippen molar-refractivity contribution in [1.82, 2.24) is 4.90 Å². The highest BCUT2D eigenvalue weighted by molar-refractivity contribution is 5.78. The normalized spacial score (nSPS) is 32.6. The molecule has 2 aliphatic rings. The van der Waals surface area contributed by atoms with Crippen LogP contribution in [-0.2, 0) is 9.53 Å². The zero-order valence-corrected chi connectivity index (χ0v) is 9.56. The fraction of sp³-hybridized carbons (Fsp3) is 0.909. The molecule has 0 spiro atoms. The highest BCUT2D eigenvalue weighted by atomic mass is 16.5. The van der Waals surface area contributed by atoms with Gasteiger partial charge in [0, 0.05) is 20.2 Å². The molecule has 1 heterocycles. The first-order chi connectivity index (χ1) is 7.56. The number of aliphatic hydroxyl groups is 2. The van der Waals surface area contributed by atoms with Crippen molar-refractivity contribution in [3.05, 3.63) is 0 Å². The zero-order valence-electron chi connectivity index (χ0n) is 9.56. The van der Waals surface area contributed by atoms with E-state index in [4.69, 9.17) is 4.74 Å². The molecule has 1 saturated carbocycles. The van der Waals surface area contributed by atoms with Crippen molar-refractivity contribution in [1.29, 1.82) is 0 Å². The van der Waals surface area contributed by atoms with Crippen molar-refractivity contribution >= 4 is 5.91 Å². The van der Waals surface area contributed by atoms with Gasteiger partial charge in [-0.2, -0.15) is 0 Å². The van der Waals surface area contributed by atoms with Crippen LogP contribution in [0.4, 0.5) is 0 Å². The second-order valence-corrected chi connectivity index (χ2v) is 4.85. The molecule has 0 bridgehead atoms. The Labute approximate surface area is 95.0 Å². The number of hydrogen-bond donors (Lipinski definition) is 2. The van der Waals surface area contributed by atoms with Crippen LogP contribution in [0.2, 0.25) is 0 Å². The molecule has 2 atom stereocenters. The van der Waals surface area contributed by atoms with Crippen LogP contribution >= 0.6 is 0 Å². The molecule has 1 amide bonds. The number of rotatable bonds is 3. The van der Waals surface area contributed by atoms with Crippen molar-refractivity contribution in [2.45, 2.75) is 43.5 Å². The van der Waals surface area contributed by atoms with Gasteiger partial charge in [-0.05, 0) is 19.3 Å². The van der Waals surface area contributed by atoms with Gasteiger partial charge in [-0.15, -0.1) is 0 Å². The molecule has 2 fully saturated rings. The van der Waals surface area contributed by atoms with E-state index in [9.17, 15) is 15.0 Å². The largest absolute Gasteiger partial charge is 0.388 e. The minimum Gasteiger partial charge on any atom is -0.388 e. The molecule has 1 saturated heterocycles. The lowest BCUT2D eigenvalue weighted by atomic mass is 9.77. The second kappa shape index (κ2) is 4.31. The third kappa shape index (κ3) is 2.07. The van der Waals surface area contributed by atoms with Crippen LogP contribution < -0.4 is 0 Å². The fourth-order valence-electron chi connectivity index (χ4n) is 2.38. The molecule has 5 nitrogen and oxygen atoms in total. The molecular weight excluding hydrogens is 210 g/mol. The molecule has 16 heavy (non-hydrogen) atoms. The number of amides is 1. The number of carbonyl (C=O) groups is 1. The van der Waals surface area contributed by atoms with Crippen LogP contribution in [0.25, 0.3) is 0 Å². The van der Waals surface area contributed by atoms with Crippen LogP contribution in [0, 0.1) is 0 Å². The number of likely N-dealkylation sites (tertiary alicyclic amines) is 1. The molecule has 2 rings (SSSR count). The number of aliphatic hydroxyl groups excluding tert-OH is 2. The Kier molecular flexibility index (Phi) is 3.19. The quantitative estimate of drug-likeness (QED) is 0.685. The average Bonchev–Trinajstić information content (AvgIpc) is 2.53. The molecule has 2 N–H and O–H groups in total. The Morgan fingerprint density at radius 3 is 2.31 bits per heavy atom. The summed E-state index contributed by atoms with van der Waals surface area (Å²) in [6, 6.07) is 0. The third-order valence-corrected chi connectivity index (χ3v) is 3.78. The number of ether oxygens (including phenoxy) is 1. The third-order valence-electron chi connectivity index (χ3n) is 3.78. The van der Waals surface area contributed by atoms with Crippen LogP contribution in [0.5, 0.6) is 0 Å². The summed E-state index contributed by atoms with van der Waals surface area (Å²) in [6.07, 6.45) is 1.71. The molecule has 1 aliphatic carbocycles. The van der Waals surface area contributed by atoms with Gasteiger partial charge in [0.05, 0.1) is 24.2 Å². The molecule has 5 heteroatoms. The van der Waals surface area contributed by atoms with Gasteiger partial charge in [0.25, 0.3) is 0 Å². The van der Waals surface area contributed by atoms with Gasteiger partial charge >= 0.3 is 0 Å². The summed E-state index contributed by atoms with van der Waals surface area (Å²) in [6.45, 7) is 0.472. The fourth-order valence-corrected chi connectivity index (χ4v) is 2.38. The molecule has 0 unspecified atom stereocenters. The maximum absolute atomic E-state index is 11.9. The Hall–Kier alpha value is -0.650.